The maximum Gasteiger partial charge on any atom is 0.258 e. The summed E-state index contributed by atoms with van der Waals surface area (Å²) >= 11 is 3.33. The van der Waals surface area contributed by atoms with E-state index in [1.165, 1.54) is 4.70 Å². The molecule has 23 nitrogen and oxygen atoms in total. The minimum absolute atomic E-state index is 0.0788. The molecule has 0 spiro atoms. The number of aromatic amines is 5. The molecule has 0 aliphatic heterocycles. The number of hydrogen-bond acceptors (Lipinski definition) is 20. The quantitative estimate of drug-likeness (QED) is 0.0502. The van der Waals surface area contributed by atoms with Crippen LogP contribution in [0.3, 0.4) is 0 Å². The standard InChI is InChI=1S/C25H19N3O2.C19H15N3O2.C19H15N3OS.C17H13N3O2.C17H13N3OS/c29-25-19-13-7-8-14-20(19)26-21(27-25)15-16-22-28-23(17-9-3-1-4-10-17)24(30-22)18-11-5-2-6-12-18;23-19-14-8-4-5-9-15(14)21-17(22-19)10-11-18-20-12-16(24-18)13-6-2-1-3-7-13;23-19-14-8-4-5-9-15(14)20-17(22-19)10-11-18-21-16(12-24-18)13-6-2-1-3-7-13;2*21-17-11-5-1-2-6-12(11)18-15(20-17)9-10-16-19-13-7-3-4-8-14(13)22-16/h1-14H,15-16H2,(H,26,27,29);1-9,12H,10-11H2,(H,21,22,23);1-9,12H,10-11H2,(H,20,22,23);2*1-8H,9-10H2,(H,18,20,21). The third-order valence-corrected chi connectivity index (χ3v) is 21.9. The fraction of sp³-hybridized carbons (Fsp3) is 0.103. The van der Waals surface area contributed by atoms with Crippen molar-refractivity contribution in [2.75, 3.05) is 0 Å². The second-order valence-corrected chi connectivity index (χ2v) is 30.4. The average molecular weight is 1640 g/mol. The minimum atomic E-state index is -0.127. The molecule has 598 valence electrons. The molecular formula is C97H75N15O8S2. The van der Waals surface area contributed by atoms with E-state index in [1.54, 1.807) is 59.2 Å². The van der Waals surface area contributed by atoms with Crippen LogP contribution in [0.25, 0.3) is 121 Å². The smallest absolute Gasteiger partial charge is 0.258 e. The fourth-order valence-electron chi connectivity index (χ4n) is 13.8. The maximum absolute atomic E-state index is 12.3. The van der Waals surface area contributed by atoms with Gasteiger partial charge in [-0.15, -0.1) is 22.7 Å². The molecule has 0 bridgehead atoms. The van der Waals surface area contributed by atoms with Crippen molar-refractivity contribution >= 4 is 98.5 Å². The summed E-state index contributed by atoms with van der Waals surface area (Å²) < 4.78 is 18.8. The number of rotatable bonds is 19. The van der Waals surface area contributed by atoms with Gasteiger partial charge in [0.2, 0.25) is 0 Å². The summed E-state index contributed by atoms with van der Waals surface area (Å²) in [6.07, 6.45) is 7.99. The Kier molecular flexibility index (Phi) is 24.2. The van der Waals surface area contributed by atoms with Gasteiger partial charge in [0.15, 0.2) is 34.8 Å². The normalized spacial score (nSPS) is 11.1. The van der Waals surface area contributed by atoms with E-state index < -0.39 is 0 Å². The number of thiazole rings is 2. The molecule has 0 atom stereocenters. The van der Waals surface area contributed by atoms with Crippen molar-refractivity contribution in [3.05, 3.63) is 411 Å². The van der Waals surface area contributed by atoms with Gasteiger partial charge in [-0.25, -0.2) is 49.8 Å². The third kappa shape index (κ3) is 19.4. The molecule has 0 amide bonds. The number of aromatic nitrogens is 15. The highest BCUT2D eigenvalue weighted by Crippen LogP contribution is 2.34. The molecule has 0 aliphatic carbocycles. The molecule has 0 saturated heterocycles. The molecule has 5 N–H and O–H groups in total. The molecule has 0 saturated carbocycles. The van der Waals surface area contributed by atoms with E-state index in [2.05, 4.69) is 93.4 Å². The van der Waals surface area contributed by atoms with Crippen LogP contribution < -0.4 is 27.8 Å². The van der Waals surface area contributed by atoms with E-state index >= 15 is 0 Å². The molecule has 25 heteroatoms. The lowest BCUT2D eigenvalue weighted by atomic mass is 10.1. The number of para-hydroxylation sites is 8. The number of hydrogen-bond donors (Lipinski definition) is 5. The van der Waals surface area contributed by atoms with Crippen LogP contribution in [-0.4, -0.2) is 74.8 Å². The lowest BCUT2D eigenvalue weighted by Gasteiger charge is -2.01. The van der Waals surface area contributed by atoms with Gasteiger partial charge in [0.05, 0.1) is 86.6 Å². The Morgan fingerprint density at radius 1 is 0.270 bits per heavy atom. The van der Waals surface area contributed by atoms with Gasteiger partial charge >= 0.3 is 0 Å². The first-order valence-electron chi connectivity index (χ1n) is 39.6. The Morgan fingerprint density at radius 3 is 1.08 bits per heavy atom. The van der Waals surface area contributed by atoms with Crippen molar-refractivity contribution in [1.82, 2.24) is 74.8 Å². The van der Waals surface area contributed by atoms with Crippen LogP contribution in [-0.2, 0) is 64.2 Å². The SMILES string of the molecule is O=c1[nH]c(CCc2nc(-c3ccccc3)c(-c3ccccc3)o2)nc2ccccc12.O=c1[nH]c(CCc2nc(-c3ccccc3)cs2)nc2ccccc12.O=c1[nH]c(CCc2nc3ccccc3o2)nc2ccccc12.O=c1[nH]c(CCc2nc3ccccc3s2)nc2ccccc12.O=c1[nH]c(CCc2ncc(-c3ccccc3)o2)nc2ccccc12. The highest BCUT2D eigenvalue weighted by Gasteiger charge is 2.19. The van der Waals surface area contributed by atoms with E-state index in [1.807, 2.05) is 243 Å². The molecular weight excluding hydrogens is 1570 g/mol. The summed E-state index contributed by atoms with van der Waals surface area (Å²) in [5.74, 6) is 6.70. The first kappa shape index (κ1) is 79.0. The van der Waals surface area contributed by atoms with Crippen molar-refractivity contribution in [3.8, 4) is 45.2 Å². The summed E-state index contributed by atoms with van der Waals surface area (Å²) in [4.78, 5) is 120. The lowest BCUT2D eigenvalue weighted by molar-refractivity contribution is 0.502. The predicted octanol–water partition coefficient (Wildman–Crippen LogP) is 18.4. The zero-order valence-corrected chi connectivity index (χ0v) is 67.1. The van der Waals surface area contributed by atoms with Crippen molar-refractivity contribution in [2.24, 2.45) is 0 Å². The first-order valence-corrected chi connectivity index (χ1v) is 41.3. The van der Waals surface area contributed by atoms with Gasteiger partial charge in [-0.3, -0.25) is 24.0 Å². The molecule has 11 aromatic carbocycles. The van der Waals surface area contributed by atoms with E-state index in [-0.39, 0.29) is 27.8 Å². The highest BCUT2D eigenvalue weighted by molar-refractivity contribution is 7.18. The number of oxazole rings is 3. The zero-order chi connectivity index (χ0) is 82.9. The molecule has 0 unspecified atom stereocenters. The van der Waals surface area contributed by atoms with Gasteiger partial charge in [-0.1, -0.05) is 206 Å². The second kappa shape index (κ2) is 37.4. The van der Waals surface area contributed by atoms with E-state index in [4.69, 9.17) is 18.2 Å². The van der Waals surface area contributed by atoms with Gasteiger partial charge in [-0.05, 0) is 84.9 Å². The number of fused-ring (bicyclic) bond motifs is 7. The monoisotopic (exact) mass is 1640 g/mol. The van der Waals surface area contributed by atoms with Crippen LogP contribution in [0.1, 0.15) is 56.8 Å². The Morgan fingerprint density at radius 2 is 0.631 bits per heavy atom. The van der Waals surface area contributed by atoms with Crippen LogP contribution in [0.4, 0.5) is 0 Å². The van der Waals surface area contributed by atoms with Crippen LogP contribution in [0, 0.1) is 0 Å². The fourth-order valence-corrected chi connectivity index (χ4v) is 15.6. The Hall–Kier alpha value is -15.5. The van der Waals surface area contributed by atoms with E-state index in [9.17, 15) is 24.0 Å². The summed E-state index contributed by atoms with van der Waals surface area (Å²) in [5.41, 5.74) is 11.6. The van der Waals surface area contributed by atoms with Gasteiger partial charge in [0.1, 0.15) is 40.3 Å². The highest BCUT2D eigenvalue weighted by atomic mass is 32.1. The zero-order valence-electron chi connectivity index (χ0n) is 65.5. The molecule has 0 radical (unpaired) electrons. The van der Waals surface area contributed by atoms with Crippen LogP contribution >= 0.6 is 22.7 Å². The van der Waals surface area contributed by atoms with Crippen molar-refractivity contribution < 1.29 is 13.3 Å². The molecule has 21 aromatic rings. The molecule has 0 aliphatic rings. The summed E-state index contributed by atoms with van der Waals surface area (Å²) in [7, 11) is 0. The Bertz CT molecular complexity index is 7070. The van der Waals surface area contributed by atoms with Crippen LogP contribution in [0.15, 0.2) is 340 Å². The summed E-state index contributed by atoms with van der Waals surface area (Å²) in [5, 5.41) is 7.24. The predicted molar refractivity (Wildman–Crippen MR) is 479 cm³/mol. The molecule has 10 aromatic heterocycles. The molecule has 10 heterocycles. The lowest BCUT2D eigenvalue weighted by Crippen LogP contribution is -2.12. The van der Waals surface area contributed by atoms with E-state index in [0.717, 1.165) is 95.7 Å². The van der Waals surface area contributed by atoms with Crippen molar-refractivity contribution in [3.63, 3.8) is 0 Å². The van der Waals surface area contributed by atoms with Crippen LogP contribution in [0.5, 0.6) is 0 Å². The first-order chi connectivity index (χ1) is 59.9. The van der Waals surface area contributed by atoms with Crippen molar-refractivity contribution in [2.45, 2.75) is 64.2 Å². The van der Waals surface area contributed by atoms with E-state index in [0.29, 0.717) is 142 Å². The van der Waals surface area contributed by atoms with Gasteiger partial charge < -0.3 is 38.2 Å². The number of nitrogens with one attached hydrogen (secondary N) is 5. The average Bonchev–Trinajstić information content (AvgIpc) is 1.31. The minimum Gasteiger partial charge on any atom is -0.441 e. The maximum atomic E-state index is 12.3. The third-order valence-electron chi connectivity index (χ3n) is 19.9. The summed E-state index contributed by atoms with van der Waals surface area (Å²) in [6, 6.07) is 92.5. The van der Waals surface area contributed by atoms with Gasteiger partial charge in [0.25, 0.3) is 27.8 Å². The molecule has 0 fully saturated rings. The summed E-state index contributed by atoms with van der Waals surface area (Å²) in [6.45, 7) is 0. The molecule has 122 heavy (non-hydrogen) atoms. The van der Waals surface area contributed by atoms with Gasteiger partial charge in [-0.2, -0.15) is 0 Å². The van der Waals surface area contributed by atoms with Crippen molar-refractivity contribution in [1.29, 1.82) is 0 Å². The number of nitrogens with zero attached hydrogens (tertiary/aromatic N) is 10. The topological polar surface area (TPSA) is 333 Å². The Balaban J connectivity index is 0.000000109. The van der Waals surface area contributed by atoms with Crippen LogP contribution in [0.2, 0.25) is 0 Å². The van der Waals surface area contributed by atoms with Gasteiger partial charge in [0, 0.05) is 91.8 Å². The largest absolute Gasteiger partial charge is 0.441 e. The Labute approximate surface area is 702 Å². The number of H-pyrrole nitrogens is 5. The number of aryl methyl sites for hydroxylation is 10. The number of benzene rings is 11. The second-order valence-electron chi connectivity index (χ2n) is 28.3. The molecule has 21 rings (SSSR count).